The number of aryl methyl sites for hydroxylation is 1. The third kappa shape index (κ3) is 2.12. The average molecular weight is 220 g/mol. The molecule has 1 aromatic carbocycles. The van der Waals surface area contributed by atoms with E-state index >= 15 is 0 Å². The van der Waals surface area contributed by atoms with Crippen molar-refractivity contribution in [1.82, 2.24) is 0 Å². The van der Waals surface area contributed by atoms with Gasteiger partial charge >= 0.3 is 5.97 Å². The highest BCUT2D eigenvalue weighted by molar-refractivity contribution is 5.77. The zero-order valence-corrected chi connectivity index (χ0v) is 8.77. The Kier molecular flexibility index (Phi) is 3.48. The van der Waals surface area contributed by atoms with Crippen molar-refractivity contribution in [2.24, 2.45) is 5.73 Å². The zero-order valence-electron chi connectivity index (χ0n) is 8.77. The average Bonchev–Trinajstić information content (AvgIpc) is 2.23. The van der Waals surface area contributed by atoms with E-state index in [4.69, 9.17) is 16.1 Å². The number of phenols is 1. The third-order valence-electron chi connectivity index (χ3n) is 2.38. The number of nitriles is 1. The molecule has 5 heteroatoms. The number of phenolic OH excluding ortho intramolecular Hbond substituents is 1. The van der Waals surface area contributed by atoms with Crippen molar-refractivity contribution in [3.05, 3.63) is 28.8 Å². The number of carboxylic acid groups (broad SMARTS) is 1. The van der Waals surface area contributed by atoms with Crippen LogP contribution in [0.2, 0.25) is 0 Å². The summed E-state index contributed by atoms with van der Waals surface area (Å²) in [6.45, 7) is 1.56. The highest BCUT2D eigenvalue weighted by Crippen LogP contribution is 2.27. The van der Waals surface area contributed by atoms with Gasteiger partial charge in [0.15, 0.2) is 0 Å². The van der Waals surface area contributed by atoms with Crippen molar-refractivity contribution in [3.8, 4) is 11.8 Å². The van der Waals surface area contributed by atoms with Gasteiger partial charge < -0.3 is 15.9 Å². The molecule has 1 unspecified atom stereocenters. The monoisotopic (exact) mass is 220 g/mol. The molecule has 0 fully saturated rings. The van der Waals surface area contributed by atoms with E-state index in [1.165, 1.54) is 12.1 Å². The van der Waals surface area contributed by atoms with Crippen molar-refractivity contribution < 1.29 is 15.0 Å². The number of nitrogens with two attached hydrogens (primary N) is 1. The minimum absolute atomic E-state index is 0.0512. The van der Waals surface area contributed by atoms with Crippen LogP contribution in [0.15, 0.2) is 12.1 Å². The molecular weight excluding hydrogens is 208 g/mol. The predicted molar refractivity (Wildman–Crippen MR) is 57.0 cm³/mol. The van der Waals surface area contributed by atoms with Crippen LogP contribution in [0.4, 0.5) is 0 Å². The van der Waals surface area contributed by atoms with Crippen molar-refractivity contribution in [2.75, 3.05) is 6.54 Å². The summed E-state index contributed by atoms with van der Waals surface area (Å²) in [5.41, 5.74) is 6.32. The van der Waals surface area contributed by atoms with Gasteiger partial charge in [-0.2, -0.15) is 5.26 Å². The van der Waals surface area contributed by atoms with Crippen LogP contribution in [-0.4, -0.2) is 22.7 Å². The molecule has 0 aromatic heterocycles. The van der Waals surface area contributed by atoms with Gasteiger partial charge in [0.05, 0.1) is 11.5 Å². The lowest BCUT2D eigenvalue weighted by atomic mass is 9.95. The van der Waals surface area contributed by atoms with Crippen LogP contribution in [0, 0.1) is 18.3 Å². The highest BCUT2D eigenvalue weighted by atomic mass is 16.4. The quantitative estimate of drug-likeness (QED) is 0.694. The summed E-state index contributed by atoms with van der Waals surface area (Å²) in [7, 11) is 0. The van der Waals surface area contributed by atoms with E-state index in [1.54, 1.807) is 6.92 Å². The molecule has 4 N–H and O–H groups in total. The maximum absolute atomic E-state index is 10.9. The maximum atomic E-state index is 10.9. The van der Waals surface area contributed by atoms with Gasteiger partial charge in [0.1, 0.15) is 11.8 Å². The molecular formula is C11H12N2O3. The Morgan fingerprint density at radius 1 is 1.62 bits per heavy atom. The number of benzene rings is 1. The molecule has 84 valence electrons. The van der Waals surface area contributed by atoms with Gasteiger partial charge in [0, 0.05) is 6.54 Å². The second-order valence-corrected chi connectivity index (χ2v) is 3.47. The molecule has 0 bridgehead atoms. The smallest absolute Gasteiger partial charge is 0.312 e. The Morgan fingerprint density at radius 3 is 2.69 bits per heavy atom. The van der Waals surface area contributed by atoms with E-state index in [0.717, 1.165) is 0 Å². The van der Waals surface area contributed by atoms with Crippen LogP contribution in [0.5, 0.6) is 5.75 Å². The molecule has 5 nitrogen and oxygen atoms in total. The van der Waals surface area contributed by atoms with E-state index in [2.05, 4.69) is 0 Å². The number of carboxylic acids is 1. The van der Waals surface area contributed by atoms with Crippen molar-refractivity contribution in [1.29, 1.82) is 5.26 Å². The summed E-state index contributed by atoms with van der Waals surface area (Å²) in [6.07, 6.45) is 0. The first-order valence-electron chi connectivity index (χ1n) is 4.67. The summed E-state index contributed by atoms with van der Waals surface area (Å²) >= 11 is 0. The molecule has 16 heavy (non-hydrogen) atoms. The van der Waals surface area contributed by atoms with Crippen LogP contribution in [-0.2, 0) is 4.79 Å². The fourth-order valence-electron chi connectivity index (χ4n) is 1.47. The topological polar surface area (TPSA) is 107 Å². The van der Waals surface area contributed by atoms with Crippen molar-refractivity contribution >= 4 is 5.97 Å². The summed E-state index contributed by atoms with van der Waals surface area (Å²) in [6, 6.07) is 4.70. The maximum Gasteiger partial charge on any atom is 0.312 e. The number of hydrogen-bond donors (Lipinski definition) is 3. The van der Waals surface area contributed by atoms with Gasteiger partial charge in [-0.3, -0.25) is 4.79 Å². The lowest BCUT2D eigenvalue weighted by Gasteiger charge is -2.12. The van der Waals surface area contributed by atoms with E-state index in [-0.39, 0.29) is 17.9 Å². The summed E-state index contributed by atoms with van der Waals surface area (Å²) < 4.78 is 0. The minimum atomic E-state index is -1.04. The largest absolute Gasteiger partial charge is 0.506 e. The molecule has 0 spiro atoms. The fourth-order valence-corrected chi connectivity index (χ4v) is 1.47. The van der Waals surface area contributed by atoms with E-state index < -0.39 is 11.9 Å². The molecule has 0 saturated carbocycles. The van der Waals surface area contributed by atoms with Crippen LogP contribution in [0.3, 0.4) is 0 Å². The first kappa shape index (κ1) is 12.0. The van der Waals surface area contributed by atoms with Crippen LogP contribution in [0.25, 0.3) is 0 Å². The summed E-state index contributed by atoms with van der Waals surface area (Å²) in [4.78, 5) is 10.9. The van der Waals surface area contributed by atoms with Crippen molar-refractivity contribution in [2.45, 2.75) is 12.8 Å². The first-order chi connectivity index (χ1) is 7.51. The molecule has 0 aliphatic heterocycles. The van der Waals surface area contributed by atoms with Gasteiger partial charge in [0.2, 0.25) is 0 Å². The number of nitrogens with zero attached hydrogens (tertiary/aromatic N) is 1. The normalized spacial score (nSPS) is 11.8. The molecule has 1 rings (SSSR count). The first-order valence-corrected chi connectivity index (χ1v) is 4.67. The second-order valence-electron chi connectivity index (χ2n) is 3.47. The Hall–Kier alpha value is -2.06. The zero-order chi connectivity index (χ0) is 12.3. The van der Waals surface area contributed by atoms with Gasteiger partial charge in [-0.15, -0.1) is 0 Å². The minimum Gasteiger partial charge on any atom is -0.506 e. The number of aliphatic carboxylic acids is 1. The Balaban J connectivity index is 3.31. The molecule has 0 amide bonds. The molecule has 1 aromatic rings. The standard InChI is InChI=1S/C11H12N2O3/c1-6-2-7(9(5-13)11(15)16)3-8(4-12)10(6)14/h2-3,9,14H,5,13H2,1H3,(H,15,16). The second kappa shape index (κ2) is 4.64. The molecule has 0 heterocycles. The Labute approximate surface area is 92.7 Å². The summed E-state index contributed by atoms with van der Waals surface area (Å²) in [5.74, 6) is -2.02. The van der Waals surface area contributed by atoms with Crippen molar-refractivity contribution in [3.63, 3.8) is 0 Å². The molecule has 0 saturated heterocycles. The lowest BCUT2D eigenvalue weighted by molar-refractivity contribution is -0.138. The molecule has 0 aliphatic carbocycles. The van der Waals surface area contributed by atoms with Gasteiger partial charge in [-0.05, 0) is 24.1 Å². The van der Waals surface area contributed by atoms with Gasteiger partial charge in [-0.1, -0.05) is 6.07 Å². The number of carbonyl (C=O) groups is 1. The van der Waals surface area contributed by atoms with E-state index in [1.807, 2.05) is 6.07 Å². The summed E-state index contributed by atoms with van der Waals surface area (Å²) in [5, 5.41) is 27.2. The SMILES string of the molecule is Cc1cc(C(CN)C(=O)O)cc(C#N)c1O. The van der Waals surface area contributed by atoms with E-state index in [0.29, 0.717) is 11.1 Å². The fraction of sp³-hybridized carbons (Fsp3) is 0.273. The highest BCUT2D eigenvalue weighted by Gasteiger charge is 2.20. The lowest BCUT2D eigenvalue weighted by Crippen LogP contribution is -2.21. The van der Waals surface area contributed by atoms with E-state index in [9.17, 15) is 9.90 Å². The van der Waals surface area contributed by atoms with Gasteiger partial charge in [0.25, 0.3) is 0 Å². The number of rotatable bonds is 3. The Bertz CT molecular complexity index is 463. The Morgan fingerprint density at radius 2 is 2.25 bits per heavy atom. The molecule has 0 aliphatic rings. The van der Waals surface area contributed by atoms with Gasteiger partial charge in [-0.25, -0.2) is 0 Å². The molecule has 1 atom stereocenters. The predicted octanol–water partition coefficient (Wildman–Crippen LogP) is 0.699. The van der Waals surface area contributed by atoms with Crippen LogP contribution in [0.1, 0.15) is 22.6 Å². The number of aromatic hydroxyl groups is 1. The molecule has 0 radical (unpaired) electrons. The number of hydrogen-bond acceptors (Lipinski definition) is 4. The third-order valence-corrected chi connectivity index (χ3v) is 2.38. The van der Waals surface area contributed by atoms with Crippen LogP contribution < -0.4 is 5.73 Å². The van der Waals surface area contributed by atoms with Crippen LogP contribution >= 0.6 is 0 Å².